The van der Waals surface area contributed by atoms with E-state index in [9.17, 15) is 9.18 Å². The molecule has 1 amide bonds. The molecule has 0 aliphatic heterocycles. The molecule has 0 aliphatic carbocycles. The number of rotatable bonds is 6. The number of amides is 1. The van der Waals surface area contributed by atoms with Gasteiger partial charge in [0.1, 0.15) is 5.82 Å². The molecule has 23 heavy (non-hydrogen) atoms. The summed E-state index contributed by atoms with van der Waals surface area (Å²) < 4.78 is 13.3. The molecule has 0 unspecified atom stereocenters. The second kappa shape index (κ2) is 7.88. The highest BCUT2D eigenvalue weighted by Gasteiger charge is 2.11. The van der Waals surface area contributed by atoms with Gasteiger partial charge in [0.25, 0.3) is 0 Å². The standard InChI is InChI=1S/C19H23FN2O/c1-4-22(12-16-8-6-9-17(20)11-16)13-19(23)21-18-10-5-7-14(2)15(18)3/h5-11H,4,12-13H2,1-3H3,(H,21,23). The van der Waals surface area contributed by atoms with Gasteiger partial charge < -0.3 is 5.32 Å². The minimum absolute atomic E-state index is 0.0584. The lowest BCUT2D eigenvalue weighted by molar-refractivity contribution is -0.117. The quantitative estimate of drug-likeness (QED) is 0.877. The SMILES string of the molecule is CCN(CC(=O)Nc1cccc(C)c1C)Cc1cccc(F)c1. The summed E-state index contributed by atoms with van der Waals surface area (Å²) in [5, 5.41) is 2.96. The van der Waals surface area contributed by atoms with E-state index in [2.05, 4.69) is 5.32 Å². The number of carbonyl (C=O) groups is 1. The second-order valence-corrected chi connectivity index (χ2v) is 5.73. The number of hydrogen-bond acceptors (Lipinski definition) is 2. The van der Waals surface area contributed by atoms with Crippen molar-refractivity contribution < 1.29 is 9.18 Å². The Morgan fingerprint density at radius 3 is 2.61 bits per heavy atom. The van der Waals surface area contributed by atoms with Gasteiger partial charge in [-0.3, -0.25) is 9.69 Å². The topological polar surface area (TPSA) is 32.3 Å². The number of benzene rings is 2. The highest BCUT2D eigenvalue weighted by molar-refractivity contribution is 5.93. The Hall–Kier alpha value is -2.20. The van der Waals surface area contributed by atoms with Crippen molar-refractivity contribution in [3.05, 3.63) is 65.0 Å². The molecule has 0 atom stereocenters. The molecular weight excluding hydrogens is 291 g/mol. The highest BCUT2D eigenvalue weighted by atomic mass is 19.1. The molecule has 0 aliphatic rings. The van der Waals surface area contributed by atoms with Crippen LogP contribution in [-0.2, 0) is 11.3 Å². The van der Waals surface area contributed by atoms with E-state index < -0.39 is 0 Å². The van der Waals surface area contributed by atoms with Crippen LogP contribution < -0.4 is 5.32 Å². The van der Waals surface area contributed by atoms with Gasteiger partial charge in [0.15, 0.2) is 0 Å². The van der Waals surface area contributed by atoms with Crippen molar-refractivity contribution in [2.24, 2.45) is 0 Å². The van der Waals surface area contributed by atoms with E-state index in [1.807, 2.05) is 49.9 Å². The van der Waals surface area contributed by atoms with Gasteiger partial charge in [0, 0.05) is 12.2 Å². The van der Waals surface area contributed by atoms with Gasteiger partial charge >= 0.3 is 0 Å². The summed E-state index contributed by atoms with van der Waals surface area (Å²) in [5.41, 5.74) is 3.94. The van der Waals surface area contributed by atoms with E-state index in [0.717, 1.165) is 28.9 Å². The van der Waals surface area contributed by atoms with E-state index >= 15 is 0 Å². The zero-order valence-corrected chi connectivity index (χ0v) is 13.9. The minimum atomic E-state index is -0.251. The van der Waals surface area contributed by atoms with E-state index in [0.29, 0.717) is 6.54 Å². The predicted octanol–water partition coefficient (Wildman–Crippen LogP) is 3.90. The molecule has 0 fully saturated rings. The number of hydrogen-bond donors (Lipinski definition) is 1. The molecule has 0 aromatic heterocycles. The fourth-order valence-corrected chi connectivity index (χ4v) is 2.45. The van der Waals surface area contributed by atoms with Crippen LogP contribution in [0.15, 0.2) is 42.5 Å². The lowest BCUT2D eigenvalue weighted by Crippen LogP contribution is -2.33. The van der Waals surface area contributed by atoms with E-state index in [1.54, 1.807) is 6.07 Å². The molecule has 0 heterocycles. The van der Waals surface area contributed by atoms with Crippen LogP contribution in [0.25, 0.3) is 0 Å². The van der Waals surface area contributed by atoms with Crippen molar-refractivity contribution in [2.45, 2.75) is 27.3 Å². The first kappa shape index (κ1) is 17.2. The summed E-state index contributed by atoms with van der Waals surface area (Å²) in [5.74, 6) is -0.310. The van der Waals surface area contributed by atoms with E-state index in [4.69, 9.17) is 0 Å². The molecule has 1 N–H and O–H groups in total. The predicted molar refractivity (Wildman–Crippen MR) is 91.9 cm³/mol. The van der Waals surface area contributed by atoms with Crippen LogP contribution in [-0.4, -0.2) is 23.9 Å². The molecule has 122 valence electrons. The number of aryl methyl sites for hydroxylation is 1. The number of anilines is 1. The summed E-state index contributed by atoms with van der Waals surface area (Å²) in [6.45, 7) is 7.55. The van der Waals surface area contributed by atoms with Gasteiger partial charge in [-0.05, 0) is 55.3 Å². The number of halogens is 1. The van der Waals surface area contributed by atoms with Crippen molar-refractivity contribution in [1.82, 2.24) is 4.90 Å². The minimum Gasteiger partial charge on any atom is -0.325 e. The summed E-state index contributed by atoms with van der Waals surface area (Å²) in [4.78, 5) is 14.3. The number of nitrogens with zero attached hydrogens (tertiary/aromatic N) is 1. The first-order valence-corrected chi connectivity index (χ1v) is 7.82. The van der Waals surface area contributed by atoms with Gasteiger partial charge in [-0.1, -0.05) is 31.2 Å². The Morgan fingerprint density at radius 1 is 1.17 bits per heavy atom. The number of likely N-dealkylation sites (N-methyl/N-ethyl adjacent to an activating group) is 1. The maximum atomic E-state index is 13.3. The lowest BCUT2D eigenvalue weighted by Gasteiger charge is -2.20. The normalized spacial score (nSPS) is 10.8. The summed E-state index contributed by atoms with van der Waals surface area (Å²) in [6, 6.07) is 12.3. The van der Waals surface area contributed by atoms with Gasteiger partial charge in [0.2, 0.25) is 5.91 Å². The Bertz CT molecular complexity index is 685. The van der Waals surface area contributed by atoms with Crippen LogP contribution in [0.4, 0.5) is 10.1 Å². The van der Waals surface area contributed by atoms with Crippen LogP contribution in [0.5, 0.6) is 0 Å². The van der Waals surface area contributed by atoms with Gasteiger partial charge in [-0.15, -0.1) is 0 Å². The third-order valence-electron chi connectivity index (χ3n) is 3.99. The maximum absolute atomic E-state index is 13.3. The molecule has 0 saturated carbocycles. The number of nitrogens with one attached hydrogen (secondary N) is 1. The van der Waals surface area contributed by atoms with Gasteiger partial charge in [-0.25, -0.2) is 4.39 Å². The first-order valence-electron chi connectivity index (χ1n) is 7.82. The van der Waals surface area contributed by atoms with Gasteiger partial charge in [-0.2, -0.15) is 0 Å². The van der Waals surface area contributed by atoms with Crippen LogP contribution in [0.1, 0.15) is 23.6 Å². The maximum Gasteiger partial charge on any atom is 0.238 e. The van der Waals surface area contributed by atoms with Crippen molar-refractivity contribution in [3.8, 4) is 0 Å². The van der Waals surface area contributed by atoms with Crippen LogP contribution in [0.2, 0.25) is 0 Å². The zero-order valence-electron chi connectivity index (χ0n) is 13.9. The molecule has 0 saturated heterocycles. The monoisotopic (exact) mass is 314 g/mol. The summed E-state index contributed by atoms with van der Waals surface area (Å²) in [6.07, 6.45) is 0. The lowest BCUT2D eigenvalue weighted by atomic mass is 10.1. The highest BCUT2D eigenvalue weighted by Crippen LogP contribution is 2.18. The Labute approximate surface area is 137 Å². The zero-order chi connectivity index (χ0) is 16.8. The molecule has 2 rings (SSSR count). The fraction of sp³-hybridized carbons (Fsp3) is 0.316. The second-order valence-electron chi connectivity index (χ2n) is 5.73. The van der Waals surface area contributed by atoms with Crippen LogP contribution in [0, 0.1) is 19.7 Å². The third kappa shape index (κ3) is 4.89. The summed E-state index contributed by atoms with van der Waals surface area (Å²) >= 11 is 0. The first-order chi connectivity index (χ1) is 11.0. The molecule has 2 aromatic carbocycles. The average Bonchev–Trinajstić information content (AvgIpc) is 2.51. The smallest absolute Gasteiger partial charge is 0.238 e. The van der Waals surface area contributed by atoms with Crippen molar-refractivity contribution in [3.63, 3.8) is 0 Å². The Kier molecular flexibility index (Phi) is 5.88. The third-order valence-corrected chi connectivity index (χ3v) is 3.99. The molecule has 4 heteroatoms. The molecule has 0 bridgehead atoms. The Morgan fingerprint density at radius 2 is 1.91 bits per heavy atom. The molecular formula is C19H23FN2O. The molecule has 2 aromatic rings. The molecule has 3 nitrogen and oxygen atoms in total. The largest absolute Gasteiger partial charge is 0.325 e. The van der Waals surface area contributed by atoms with Crippen molar-refractivity contribution in [1.29, 1.82) is 0 Å². The fourth-order valence-electron chi connectivity index (χ4n) is 2.45. The Balaban J connectivity index is 1.98. The molecule has 0 spiro atoms. The van der Waals surface area contributed by atoms with E-state index in [-0.39, 0.29) is 18.3 Å². The molecule has 0 radical (unpaired) electrons. The number of carbonyl (C=O) groups excluding carboxylic acids is 1. The summed E-state index contributed by atoms with van der Waals surface area (Å²) in [7, 11) is 0. The van der Waals surface area contributed by atoms with Crippen LogP contribution in [0.3, 0.4) is 0 Å². The van der Waals surface area contributed by atoms with Crippen molar-refractivity contribution >= 4 is 11.6 Å². The van der Waals surface area contributed by atoms with Crippen molar-refractivity contribution in [2.75, 3.05) is 18.4 Å². The van der Waals surface area contributed by atoms with Crippen LogP contribution >= 0.6 is 0 Å². The van der Waals surface area contributed by atoms with E-state index in [1.165, 1.54) is 12.1 Å². The average molecular weight is 314 g/mol. The van der Waals surface area contributed by atoms with Gasteiger partial charge in [0.05, 0.1) is 6.54 Å².